The molecule has 1 aliphatic heterocycles. The maximum Gasteiger partial charge on any atom is 0.322 e. The summed E-state index contributed by atoms with van der Waals surface area (Å²) in [6.07, 6.45) is 3.56. The first-order chi connectivity index (χ1) is 11.8. The molecule has 0 saturated heterocycles. The molecule has 0 radical (unpaired) electrons. The second-order valence-corrected chi connectivity index (χ2v) is 7.63. The van der Waals surface area contributed by atoms with Gasteiger partial charge in [-0.1, -0.05) is 12.1 Å². The second kappa shape index (κ2) is 6.95. The lowest BCUT2D eigenvalue weighted by Crippen LogP contribution is -2.38. The first kappa shape index (κ1) is 15.7. The number of hydrogen-bond acceptors (Lipinski definition) is 3. The van der Waals surface area contributed by atoms with Crippen molar-refractivity contribution in [1.82, 2.24) is 4.90 Å². The maximum atomic E-state index is 12.5. The highest BCUT2D eigenvalue weighted by atomic mass is 32.1. The molecule has 2 aromatic rings. The molecule has 1 aromatic heterocycles. The molecular weight excluding hydrogens is 320 g/mol. The molecule has 1 N–H and O–H groups in total. The van der Waals surface area contributed by atoms with Crippen LogP contribution in [0, 0.1) is 5.92 Å². The summed E-state index contributed by atoms with van der Waals surface area (Å²) in [5, 5.41) is 5.13. The Morgan fingerprint density at radius 3 is 3.12 bits per heavy atom. The minimum absolute atomic E-state index is 0.0251. The van der Waals surface area contributed by atoms with Crippen LogP contribution in [-0.4, -0.2) is 24.1 Å². The van der Waals surface area contributed by atoms with Crippen molar-refractivity contribution in [2.45, 2.75) is 32.4 Å². The number of nitrogens with one attached hydrogen (secondary N) is 1. The predicted molar refractivity (Wildman–Crippen MR) is 96.3 cm³/mol. The van der Waals surface area contributed by atoms with E-state index in [1.54, 1.807) is 11.3 Å². The van der Waals surface area contributed by atoms with Crippen molar-refractivity contribution in [2.75, 3.05) is 18.5 Å². The topological polar surface area (TPSA) is 41.6 Å². The molecule has 1 saturated carbocycles. The summed E-state index contributed by atoms with van der Waals surface area (Å²) in [6, 6.07) is 10.0. The Balaban J connectivity index is 1.33. The second-order valence-electron chi connectivity index (χ2n) is 6.63. The fraction of sp³-hybridized carbons (Fsp3) is 0.421. The number of fused-ring (bicyclic) bond motifs is 1. The SMILES string of the molecule is O=C(Nc1cccc(COCC2CC2)c1)N1CCc2sccc2C1. The molecule has 4 rings (SSSR count). The number of amides is 2. The van der Waals surface area contributed by atoms with Gasteiger partial charge >= 0.3 is 6.03 Å². The monoisotopic (exact) mass is 342 g/mol. The lowest BCUT2D eigenvalue weighted by atomic mass is 10.1. The fourth-order valence-electron chi connectivity index (χ4n) is 2.99. The number of urea groups is 1. The summed E-state index contributed by atoms with van der Waals surface area (Å²) in [5.41, 5.74) is 3.22. The molecular formula is C19H22N2O2S. The van der Waals surface area contributed by atoms with Gasteiger partial charge in [-0.15, -0.1) is 11.3 Å². The Hall–Kier alpha value is -1.85. The molecule has 1 aliphatic carbocycles. The maximum absolute atomic E-state index is 12.5. The Kier molecular flexibility index (Phi) is 4.54. The Labute approximate surface area is 146 Å². The highest BCUT2D eigenvalue weighted by Gasteiger charge is 2.22. The van der Waals surface area contributed by atoms with Gasteiger partial charge < -0.3 is 15.0 Å². The van der Waals surface area contributed by atoms with E-state index < -0.39 is 0 Å². The third-order valence-corrected chi connectivity index (χ3v) is 5.62. The average molecular weight is 342 g/mol. The quantitative estimate of drug-likeness (QED) is 0.882. The van der Waals surface area contributed by atoms with E-state index in [1.807, 2.05) is 29.2 Å². The van der Waals surface area contributed by atoms with Crippen LogP contribution in [0.3, 0.4) is 0 Å². The molecule has 4 nitrogen and oxygen atoms in total. The summed E-state index contributed by atoms with van der Waals surface area (Å²) in [7, 11) is 0. The third-order valence-electron chi connectivity index (χ3n) is 4.59. The summed E-state index contributed by atoms with van der Waals surface area (Å²) < 4.78 is 5.73. The number of rotatable bonds is 5. The molecule has 1 fully saturated rings. The van der Waals surface area contributed by atoms with Crippen molar-refractivity contribution >= 4 is 23.1 Å². The van der Waals surface area contributed by atoms with Crippen LogP contribution in [0.25, 0.3) is 0 Å². The summed E-state index contributed by atoms with van der Waals surface area (Å²) in [4.78, 5) is 15.8. The zero-order chi connectivity index (χ0) is 16.4. The zero-order valence-electron chi connectivity index (χ0n) is 13.7. The summed E-state index contributed by atoms with van der Waals surface area (Å²) in [5.74, 6) is 0.772. The molecule has 0 unspecified atom stereocenters. The summed E-state index contributed by atoms with van der Waals surface area (Å²) in [6.45, 7) is 2.95. The zero-order valence-corrected chi connectivity index (χ0v) is 14.5. The van der Waals surface area contributed by atoms with Gasteiger partial charge in [-0.2, -0.15) is 0 Å². The lowest BCUT2D eigenvalue weighted by molar-refractivity contribution is 0.111. The number of nitrogens with zero attached hydrogens (tertiary/aromatic N) is 1. The van der Waals surface area contributed by atoms with Gasteiger partial charge in [-0.25, -0.2) is 4.79 Å². The van der Waals surface area contributed by atoms with Crippen LogP contribution in [0.5, 0.6) is 0 Å². The standard InChI is InChI=1S/C19H22N2O2S/c22-19(21-8-6-18-16(11-21)7-9-24-18)20-17-3-1-2-15(10-17)13-23-12-14-4-5-14/h1-3,7,9-10,14H,4-6,8,11-13H2,(H,20,22). The molecule has 2 amide bonds. The predicted octanol–water partition coefficient (Wildman–Crippen LogP) is 4.26. The van der Waals surface area contributed by atoms with Crippen LogP contribution < -0.4 is 5.32 Å². The molecule has 0 spiro atoms. The van der Waals surface area contributed by atoms with Gasteiger partial charge in [0.25, 0.3) is 0 Å². The van der Waals surface area contributed by atoms with Crippen molar-refractivity contribution in [3.63, 3.8) is 0 Å². The molecule has 2 heterocycles. The van der Waals surface area contributed by atoms with Crippen LogP contribution in [0.1, 0.15) is 28.8 Å². The van der Waals surface area contributed by atoms with E-state index in [4.69, 9.17) is 4.74 Å². The Bertz CT molecular complexity index is 724. The van der Waals surface area contributed by atoms with Crippen LogP contribution in [-0.2, 0) is 24.3 Å². The van der Waals surface area contributed by atoms with Crippen LogP contribution in [0.15, 0.2) is 35.7 Å². The molecule has 0 atom stereocenters. The molecule has 0 bridgehead atoms. The van der Waals surface area contributed by atoms with Crippen molar-refractivity contribution in [3.05, 3.63) is 51.7 Å². The highest BCUT2D eigenvalue weighted by Crippen LogP contribution is 2.29. The first-order valence-corrected chi connectivity index (χ1v) is 9.44. The summed E-state index contributed by atoms with van der Waals surface area (Å²) >= 11 is 1.79. The number of benzene rings is 1. The normalized spacial score (nSPS) is 16.8. The highest BCUT2D eigenvalue weighted by molar-refractivity contribution is 7.10. The average Bonchev–Trinajstić information content (AvgIpc) is 3.29. The van der Waals surface area contributed by atoms with Gasteiger partial charge in [0, 0.05) is 30.3 Å². The number of carbonyl (C=O) groups is 1. The smallest absolute Gasteiger partial charge is 0.322 e. The van der Waals surface area contributed by atoms with E-state index in [-0.39, 0.29) is 6.03 Å². The van der Waals surface area contributed by atoms with Crippen molar-refractivity contribution in [3.8, 4) is 0 Å². The molecule has 5 heteroatoms. The Morgan fingerprint density at radius 2 is 2.25 bits per heavy atom. The van der Waals surface area contributed by atoms with E-state index in [0.717, 1.165) is 36.7 Å². The van der Waals surface area contributed by atoms with Crippen LogP contribution in [0.4, 0.5) is 10.5 Å². The van der Waals surface area contributed by atoms with Crippen LogP contribution in [0.2, 0.25) is 0 Å². The number of ether oxygens (including phenoxy) is 1. The molecule has 24 heavy (non-hydrogen) atoms. The number of anilines is 1. The first-order valence-electron chi connectivity index (χ1n) is 8.56. The number of thiophene rings is 1. The minimum atomic E-state index is -0.0251. The van der Waals surface area contributed by atoms with Gasteiger partial charge in [0.2, 0.25) is 0 Å². The van der Waals surface area contributed by atoms with Gasteiger partial charge in [-0.05, 0) is 59.9 Å². The van der Waals surface area contributed by atoms with Gasteiger partial charge in [0.05, 0.1) is 6.61 Å². The van der Waals surface area contributed by atoms with E-state index >= 15 is 0 Å². The molecule has 126 valence electrons. The number of carbonyl (C=O) groups excluding carboxylic acids is 1. The third kappa shape index (κ3) is 3.79. The van der Waals surface area contributed by atoms with E-state index in [0.29, 0.717) is 13.2 Å². The molecule has 2 aliphatic rings. The fourth-order valence-corrected chi connectivity index (χ4v) is 3.88. The van der Waals surface area contributed by atoms with Crippen LogP contribution >= 0.6 is 11.3 Å². The Morgan fingerprint density at radius 1 is 1.33 bits per heavy atom. The number of hydrogen-bond donors (Lipinski definition) is 1. The minimum Gasteiger partial charge on any atom is -0.376 e. The molecule has 1 aromatic carbocycles. The van der Waals surface area contributed by atoms with Crippen molar-refractivity contribution in [2.24, 2.45) is 5.92 Å². The van der Waals surface area contributed by atoms with Gasteiger partial charge in [-0.3, -0.25) is 0 Å². The van der Waals surface area contributed by atoms with Gasteiger partial charge in [0.15, 0.2) is 0 Å². The van der Waals surface area contributed by atoms with Crippen molar-refractivity contribution in [1.29, 1.82) is 0 Å². The lowest BCUT2D eigenvalue weighted by Gasteiger charge is -2.27. The largest absolute Gasteiger partial charge is 0.376 e. The van der Waals surface area contributed by atoms with Gasteiger partial charge in [0.1, 0.15) is 0 Å². The van der Waals surface area contributed by atoms with E-state index in [9.17, 15) is 4.79 Å². The van der Waals surface area contributed by atoms with Crippen molar-refractivity contribution < 1.29 is 9.53 Å². The van der Waals surface area contributed by atoms with E-state index in [1.165, 1.54) is 23.3 Å². The van der Waals surface area contributed by atoms with E-state index in [2.05, 4.69) is 16.8 Å².